The number of carboxylic acids is 1. The Balaban J connectivity index is 1.69. The van der Waals surface area contributed by atoms with Crippen LogP contribution in [0.2, 0.25) is 5.02 Å². The standard InChI is InChI=1S/C28H27ClN2O2/c1-2-3-12-27-30-18-25(31(27)19-23-10-6-7-11-26(23)29)17-24(28(32)33)16-20-13-14-21-8-4-5-9-22(21)15-20/h4-11,13-15,17-18H,2-3,12,16,19H2,1H3,(H,32,33)/b24-17+. The Kier molecular flexibility index (Phi) is 7.26. The first-order valence-corrected chi connectivity index (χ1v) is 11.6. The van der Waals surface area contributed by atoms with Crippen LogP contribution in [0.15, 0.2) is 78.5 Å². The van der Waals surface area contributed by atoms with Crippen molar-refractivity contribution in [2.45, 2.75) is 39.2 Å². The average Bonchev–Trinajstić information content (AvgIpc) is 3.19. The molecule has 168 valence electrons. The molecule has 5 heteroatoms. The van der Waals surface area contributed by atoms with Crippen LogP contribution in [0.1, 0.15) is 42.4 Å². The van der Waals surface area contributed by atoms with E-state index >= 15 is 0 Å². The second-order valence-electron chi connectivity index (χ2n) is 8.21. The van der Waals surface area contributed by atoms with Gasteiger partial charge in [-0.15, -0.1) is 0 Å². The zero-order chi connectivity index (χ0) is 23.2. The summed E-state index contributed by atoms with van der Waals surface area (Å²) in [5, 5.41) is 12.9. The number of fused-ring (bicyclic) bond motifs is 1. The average molecular weight is 459 g/mol. The van der Waals surface area contributed by atoms with Crippen molar-refractivity contribution in [2.75, 3.05) is 0 Å². The van der Waals surface area contributed by atoms with E-state index in [1.165, 1.54) is 0 Å². The number of aryl methyl sites for hydroxylation is 1. The van der Waals surface area contributed by atoms with Gasteiger partial charge in [0.1, 0.15) is 5.82 Å². The largest absolute Gasteiger partial charge is 0.478 e. The molecule has 0 amide bonds. The van der Waals surface area contributed by atoms with E-state index in [4.69, 9.17) is 11.6 Å². The normalized spacial score (nSPS) is 11.8. The molecule has 0 fully saturated rings. The van der Waals surface area contributed by atoms with E-state index in [1.54, 1.807) is 12.3 Å². The summed E-state index contributed by atoms with van der Waals surface area (Å²) < 4.78 is 2.08. The minimum absolute atomic E-state index is 0.327. The Morgan fingerprint density at radius 2 is 1.82 bits per heavy atom. The molecule has 0 aliphatic rings. The summed E-state index contributed by atoms with van der Waals surface area (Å²) in [6.07, 6.45) is 6.77. The van der Waals surface area contributed by atoms with E-state index in [1.807, 2.05) is 54.6 Å². The molecule has 4 aromatic rings. The van der Waals surface area contributed by atoms with Gasteiger partial charge in [-0.25, -0.2) is 9.78 Å². The molecule has 1 aromatic heterocycles. The summed E-state index contributed by atoms with van der Waals surface area (Å²) in [5.41, 5.74) is 3.05. The SMILES string of the molecule is CCCCc1ncc(/C=C(\Cc2ccc3ccccc3c2)C(=O)O)n1Cc1ccccc1Cl. The summed E-state index contributed by atoms with van der Waals surface area (Å²) in [6, 6.07) is 21.9. The maximum atomic E-state index is 12.2. The number of aliphatic carboxylic acids is 1. The predicted octanol–water partition coefficient (Wildman–Crippen LogP) is 6.79. The molecule has 0 saturated carbocycles. The molecule has 0 spiro atoms. The van der Waals surface area contributed by atoms with Crippen molar-refractivity contribution in [1.29, 1.82) is 0 Å². The van der Waals surface area contributed by atoms with Crippen molar-refractivity contribution in [3.05, 3.63) is 106 Å². The van der Waals surface area contributed by atoms with Crippen molar-refractivity contribution in [3.8, 4) is 0 Å². The van der Waals surface area contributed by atoms with E-state index in [0.717, 1.165) is 52.7 Å². The Labute approximate surface area is 199 Å². The molecule has 1 N–H and O–H groups in total. The number of nitrogens with zero attached hydrogens (tertiary/aromatic N) is 2. The van der Waals surface area contributed by atoms with E-state index in [0.29, 0.717) is 23.6 Å². The summed E-state index contributed by atoms with van der Waals surface area (Å²) in [5.74, 6) is 0.0159. The van der Waals surface area contributed by atoms with E-state index in [2.05, 4.69) is 28.6 Å². The van der Waals surface area contributed by atoms with Gasteiger partial charge in [0.15, 0.2) is 0 Å². The molecule has 0 bridgehead atoms. The molecule has 0 saturated heterocycles. The molecule has 0 unspecified atom stereocenters. The van der Waals surface area contributed by atoms with Gasteiger partial charge in [0.25, 0.3) is 0 Å². The van der Waals surface area contributed by atoms with E-state index in [-0.39, 0.29) is 0 Å². The molecule has 3 aromatic carbocycles. The molecule has 4 rings (SSSR count). The molecular weight excluding hydrogens is 432 g/mol. The second-order valence-corrected chi connectivity index (χ2v) is 8.62. The number of carboxylic acid groups (broad SMARTS) is 1. The van der Waals surface area contributed by atoms with Crippen LogP contribution in [-0.4, -0.2) is 20.6 Å². The predicted molar refractivity (Wildman–Crippen MR) is 135 cm³/mol. The van der Waals surface area contributed by atoms with Gasteiger partial charge in [-0.3, -0.25) is 0 Å². The number of hydrogen-bond donors (Lipinski definition) is 1. The lowest BCUT2D eigenvalue weighted by Gasteiger charge is -2.13. The number of unbranched alkanes of at least 4 members (excludes halogenated alkanes) is 1. The smallest absolute Gasteiger partial charge is 0.331 e. The lowest BCUT2D eigenvalue weighted by Crippen LogP contribution is -2.09. The van der Waals surface area contributed by atoms with Gasteiger partial charge in [0.2, 0.25) is 0 Å². The fourth-order valence-corrected chi connectivity index (χ4v) is 4.19. The zero-order valence-corrected chi connectivity index (χ0v) is 19.4. The lowest BCUT2D eigenvalue weighted by molar-refractivity contribution is -0.132. The molecule has 4 nitrogen and oxygen atoms in total. The molecule has 0 aliphatic heterocycles. The minimum Gasteiger partial charge on any atom is -0.478 e. The van der Waals surface area contributed by atoms with E-state index < -0.39 is 5.97 Å². The summed E-state index contributed by atoms with van der Waals surface area (Å²) in [6.45, 7) is 2.70. The Bertz CT molecular complexity index is 1310. The zero-order valence-electron chi connectivity index (χ0n) is 18.7. The third-order valence-corrected chi connectivity index (χ3v) is 6.18. The number of aromatic nitrogens is 2. The number of carbonyl (C=O) groups is 1. The van der Waals surface area contributed by atoms with Crippen LogP contribution in [-0.2, 0) is 24.2 Å². The van der Waals surface area contributed by atoms with Gasteiger partial charge in [0, 0.05) is 23.4 Å². The Morgan fingerprint density at radius 3 is 2.58 bits per heavy atom. The lowest BCUT2D eigenvalue weighted by atomic mass is 10.0. The summed E-state index contributed by atoms with van der Waals surface area (Å²) in [7, 11) is 0. The van der Waals surface area contributed by atoms with Gasteiger partial charge in [-0.1, -0.05) is 85.6 Å². The number of imidazole rings is 1. The molecule has 0 aliphatic carbocycles. The van der Waals surface area contributed by atoms with Crippen molar-refractivity contribution in [2.24, 2.45) is 0 Å². The molecule has 0 atom stereocenters. The highest BCUT2D eigenvalue weighted by molar-refractivity contribution is 6.31. The van der Waals surface area contributed by atoms with Crippen LogP contribution in [0, 0.1) is 0 Å². The maximum Gasteiger partial charge on any atom is 0.331 e. The first-order chi connectivity index (χ1) is 16.0. The first-order valence-electron chi connectivity index (χ1n) is 11.2. The summed E-state index contributed by atoms with van der Waals surface area (Å²) >= 11 is 6.42. The van der Waals surface area contributed by atoms with Gasteiger partial charge >= 0.3 is 5.97 Å². The highest BCUT2D eigenvalue weighted by Gasteiger charge is 2.15. The van der Waals surface area contributed by atoms with Gasteiger partial charge in [-0.05, 0) is 40.5 Å². The highest BCUT2D eigenvalue weighted by Crippen LogP contribution is 2.22. The second kappa shape index (κ2) is 10.5. The molecule has 1 heterocycles. The Hall–Kier alpha value is -3.37. The fourth-order valence-electron chi connectivity index (χ4n) is 3.99. The number of hydrogen-bond acceptors (Lipinski definition) is 2. The van der Waals surface area contributed by atoms with Crippen LogP contribution in [0.25, 0.3) is 16.8 Å². The molecule has 0 radical (unpaired) electrons. The quantitative estimate of drug-likeness (QED) is 0.281. The van der Waals surface area contributed by atoms with Crippen LogP contribution in [0.5, 0.6) is 0 Å². The van der Waals surface area contributed by atoms with Gasteiger partial charge in [0.05, 0.1) is 18.4 Å². The van der Waals surface area contributed by atoms with Crippen LogP contribution in [0.3, 0.4) is 0 Å². The van der Waals surface area contributed by atoms with E-state index in [9.17, 15) is 9.90 Å². The molecular formula is C28H27ClN2O2. The van der Waals surface area contributed by atoms with Crippen molar-refractivity contribution < 1.29 is 9.90 Å². The van der Waals surface area contributed by atoms with Crippen LogP contribution >= 0.6 is 11.6 Å². The number of halogens is 1. The van der Waals surface area contributed by atoms with Crippen molar-refractivity contribution in [1.82, 2.24) is 9.55 Å². The van der Waals surface area contributed by atoms with Crippen LogP contribution < -0.4 is 0 Å². The molecule has 33 heavy (non-hydrogen) atoms. The Morgan fingerprint density at radius 1 is 1.06 bits per heavy atom. The maximum absolute atomic E-state index is 12.2. The number of benzene rings is 3. The monoisotopic (exact) mass is 458 g/mol. The van der Waals surface area contributed by atoms with Crippen LogP contribution in [0.4, 0.5) is 0 Å². The van der Waals surface area contributed by atoms with Crippen molar-refractivity contribution in [3.63, 3.8) is 0 Å². The topological polar surface area (TPSA) is 55.1 Å². The third kappa shape index (κ3) is 5.52. The summed E-state index contributed by atoms with van der Waals surface area (Å²) in [4.78, 5) is 16.8. The van der Waals surface area contributed by atoms with Gasteiger partial charge in [-0.2, -0.15) is 0 Å². The fraction of sp³-hybridized carbons (Fsp3) is 0.214. The number of rotatable bonds is 9. The first kappa shape index (κ1) is 22.8. The van der Waals surface area contributed by atoms with Crippen molar-refractivity contribution >= 4 is 34.4 Å². The minimum atomic E-state index is -0.927. The third-order valence-electron chi connectivity index (χ3n) is 5.81. The van der Waals surface area contributed by atoms with Gasteiger partial charge < -0.3 is 9.67 Å². The highest BCUT2D eigenvalue weighted by atomic mass is 35.5.